The first kappa shape index (κ1) is 12.1. The summed E-state index contributed by atoms with van der Waals surface area (Å²) in [6.07, 6.45) is 4.74. The number of amides is 1. The average molecular weight is 239 g/mol. The molecule has 0 unspecified atom stereocenters. The molecule has 1 aliphatic rings. The highest BCUT2D eigenvalue weighted by atomic mass is 16.6. The molecule has 0 aliphatic carbocycles. The highest BCUT2D eigenvalue weighted by Gasteiger charge is 2.30. The normalized spacial score (nSPS) is 13.8. The van der Waals surface area contributed by atoms with Crippen molar-refractivity contribution in [1.29, 1.82) is 0 Å². The first-order valence-electron chi connectivity index (χ1n) is 5.71. The summed E-state index contributed by atoms with van der Waals surface area (Å²) < 4.78 is 5.18. The molecule has 1 aromatic carbocycles. The Morgan fingerprint density at radius 1 is 1.39 bits per heavy atom. The maximum Gasteiger partial charge on any atom is 0.410 e. The SMILES string of the molecule is C#CC#CC1CN(C(=O)OCc2ccccc2)C1. The Kier molecular flexibility index (Phi) is 3.89. The fourth-order valence-corrected chi connectivity index (χ4v) is 1.67. The van der Waals surface area contributed by atoms with E-state index < -0.39 is 0 Å². The summed E-state index contributed by atoms with van der Waals surface area (Å²) in [6.45, 7) is 1.50. The van der Waals surface area contributed by atoms with Gasteiger partial charge in [-0.2, -0.15) is 0 Å². The summed E-state index contributed by atoms with van der Waals surface area (Å²) in [5.41, 5.74) is 0.982. The first-order chi connectivity index (χ1) is 8.79. The van der Waals surface area contributed by atoms with Crippen LogP contribution >= 0.6 is 0 Å². The lowest BCUT2D eigenvalue weighted by Gasteiger charge is -2.35. The van der Waals surface area contributed by atoms with Crippen molar-refractivity contribution < 1.29 is 9.53 Å². The van der Waals surface area contributed by atoms with Gasteiger partial charge < -0.3 is 9.64 Å². The van der Waals surface area contributed by atoms with Crippen molar-refractivity contribution in [3.63, 3.8) is 0 Å². The van der Waals surface area contributed by atoms with Crippen LogP contribution in [-0.4, -0.2) is 24.1 Å². The van der Waals surface area contributed by atoms with Crippen molar-refractivity contribution in [3.8, 4) is 24.2 Å². The second-order valence-corrected chi connectivity index (χ2v) is 4.06. The number of benzene rings is 1. The van der Waals surface area contributed by atoms with Crippen molar-refractivity contribution in [1.82, 2.24) is 4.90 Å². The van der Waals surface area contributed by atoms with Crippen LogP contribution in [0.2, 0.25) is 0 Å². The topological polar surface area (TPSA) is 29.5 Å². The fraction of sp³-hybridized carbons (Fsp3) is 0.267. The Balaban J connectivity index is 1.73. The summed E-state index contributed by atoms with van der Waals surface area (Å²) in [5, 5.41) is 0. The molecule has 0 aromatic heterocycles. The smallest absolute Gasteiger partial charge is 0.410 e. The molecule has 3 nitrogen and oxygen atoms in total. The maximum atomic E-state index is 11.6. The second kappa shape index (κ2) is 5.80. The van der Waals surface area contributed by atoms with Crippen LogP contribution in [0.25, 0.3) is 0 Å². The highest BCUT2D eigenvalue weighted by Crippen LogP contribution is 2.16. The van der Waals surface area contributed by atoms with Gasteiger partial charge in [-0.3, -0.25) is 0 Å². The molecule has 1 fully saturated rings. The number of carbonyl (C=O) groups excluding carboxylic acids is 1. The quantitative estimate of drug-likeness (QED) is 0.738. The lowest BCUT2D eigenvalue weighted by molar-refractivity contribution is 0.0624. The molecule has 0 N–H and O–H groups in total. The molecular weight excluding hydrogens is 226 g/mol. The summed E-state index contributed by atoms with van der Waals surface area (Å²) >= 11 is 0. The molecule has 18 heavy (non-hydrogen) atoms. The van der Waals surface area contributed by atoms with E-state index in [0.717, 1.165) is 5.56 Å². The molecule has 0 bridgehead atoms. The van der Waals surface area contributed by atoms with Crippen LogP contribution in [0, 0.1) is 30.1 Å². The Bertz CT molecular complexity index is 513. The Labute approximate surface area is 107 Å². The standard InChI is InChI=1S/C15H13NO2/c1-2-3-7-14-10-16(11-14)15(17)18-12-13-8-5-4-6-9-13/h1,4-6,8-9,14H,10-12H2. The molecule has 0 spiro atoms. The molecule has 1 amide bonds. The van der Waals surface area contributed by atoms with Crippen LogP contribution in [0.3, 0.4) is 0 Å². The molecule has 2 rings (SSSR count). The molecular formula is C15H13NO2. The minimum atomic E-state index is -0.294. The number of carbonyl (C=O) groups is 1. The second-order valence-electron chi connectivity index (χ2n) is 4.06. The third kappa shape index (κ3) is 3.06. The van der Waals surface area contributed by atoms with Crippen molar-refractivity contribution in [2.45, 2.75) is 6.61 Å². The van der Waals surface area contributed by atoms with Gasteiger partial charge in [-0.25, -0.2) is 4.79 Å². The van der Waals surface area contributed by atoms with Gasteiger partial charge in [0.2, 0.25) is 0 Å². The molecule has 0 radical (unpaired) electrons. The van der Waals surface area contributed by atoms with E-state index in [0.29, 0.717) is 19.7 Å². The molecule has 1 saturated heterocycles. The van der Waals surface area contributed by atoms with Crippen molar-refractivity contribution >= 4 is 6.09 Å². The van der Waals surface area contributed by atoms with Gasteiger partial charge in [0.05, 0.1) is 5.92 Å². The van der Waals surface area contributed by atoms with Crippen LogP contribution in [-0.2, 0) is 11.3 Å². The summed E-state index contributed by atoms with van der Waals surface area (Å²) in [6, 6.07) is 9.60. The Hall–Kier alpha value is -2.39. The molecule has 1 aromatic rings. The third-order valence-electron chi connectivity index (χ3n) is 2.69. The van der Waals surface area contributed by atoms with Crippen LogP contribution < -0.4 is 0 Å². The van der Waals surface area contributed by atoms with E-state index in [1.54, 1.807) is 4.90 Å². The van der Waals surface area contributed by atoms with Gasteiger partial charge in [0, 0.05) is 13.1 Å². The van der Waals surface area contributed by atoms with Gasteiger partial charge in [-0.05, 0) is 17.4 Å². The van der Waals surface area contributed by atoms with Crippen molar-refractivity contribution in [3.05, 3.63) is 35.9 Å². The molecule has 3 heteroatoms. The van der Waals surface area contributed by atoms with E-state index in [2.05, 4.69) is 17.8 Å². The molecule has 1 heterocycles. The monoisotopic (exact) mass is 239 g/mol. The number of likely N-dealkylation sites (tertiary alicyclic amines) is 1. The Morgan fingerprint density at radius 3 is 2.78 bits per heavy atom. The van der Waals surface area contributed by atoms with Crippen LogP contribution in [0.15, 0.2) is 30.3 Å². The van der Waals surface area contributed by atoms with E-state index in [1.807, 2.05) is 30.3 Å². The zero-order valence-electron chi connectivity index (χ0n) is 9.93. The average Bonchev–Trinajstić information content (AvgIpc) is 2.36. The van der Waals surface area contributed by atoms with Gasteiger partial charge in [0.1, 0.15) is 6.61 Å². The number of rotatable bonds is 2. The van der Waals surface area contributed by atoms with E-state index in [1.165, 1.54) is 0 Å². The number of nitrogens with zero attached hydrogens (tertiary/aromatic N) is 1. The summed E-state index contributed by atoms with van der Waals surface area (Å²) in [4.78, 5) is 13.3. The van der Waals surface area contributed by atoms with Gasteiger partial charge in [0.25, 0.3) is 0 Å². The zero-order valence-corrected chi connectivity index (χ0v) is 9.93. The van der Waals surface area contributed by atoms with E-state index in [4.69, 9.17) is 11.2 Å². The van der Waals surface area contributed by atoms with E-state index in [-0.39, 0.29) is 12.0 Å². The van der Waals surface area contributed by atoms with Crippen LogP contribution in [0.4, 0.5) is 4.79 Å². The minimum Gasteiger partial charge on any atom is -0.445 e. The van der Waals surface area contributed by atoms with Crippen molar-refractivity contribution in [2.75, 3.05) is 13.1 Å². The lowest BCUT2D eigenvalue weighted by atomic mass is 10.0. The summed E-state index contributed by atoms with van der Waals surface area (Å²) in [5.74, 6) is 7.91. The molecule has 90 valence electrons. The number of terminal acetylenes is 1. The van der Waals surface area contributed by atoms with Crippen LogP contribution in [0.1, 0.15) is 5.56 Å². The lowest BCUT2D eigenvalue weighted by Crippen LogP contribution is -2.49. The van der Waals surface area contributed by atoms with E-state index in [9.17, 15) is 4.79 Å². The van der Waals surface area contributed by atoms with Gasteiger partial charge >= 0.3 is 6.09 Å². The van der Waals surface area contributed by atoms with Crippen molar-refractivity contribution in [2.24, 2.45) is 5.92 Å². The predicted octanol–water partition coefficient (Wildman–Crippen LogP) is 1.89. The largest absolute Gasteiger partial charge is 0.445 e. The van der Waals surface area contributed by atoms with Gasteiger partial charge in [0.15, 0.2) is 0 Å². The maximum absolute atomic E-state index is 11.6. The highest BCUT2D eigenvalue weighted by molar-refractivity contribution is 5.69. The molecule has 0 atom stereocenters. The number of hydrogen-bond acceptors (Lipinski definition) is 2. The predicted molar refractivity (Wildman–Crippen MR) is 68.3 cm³/mol. The zero-order chi connectivity index (χ0) is 12.8. The van der Waals surface area contributed by atoms with Gasteiger partial charge in [-0.1, -0.05) is 36.3 Å². The van der Waals surface area contributed by atoms with E-state index >= 15 is 0 Å². The molecule has 1 aliphatic heterocycles. The number of ether oxygens (including phenoxy) is 1. The third-order valence-corrected chi connectivity index (χ3v) is 2.69. The summed E-state index contributed by atoms with van der Waals surface area (Å²) in [7, 11) is 0. The fourth-order valence-electron chi connectivity index (χ4n) is 1.67. The first-order valence-corrected chi connectivity index (χ1v) is 5.71. The van der Waals surface area contributed by atoms with Gasteiger partial charge in [-0.15, -0.1) is 6.42 Å². The molecule has 0 saturated carbocycles. The minimum absolute atomic E-state index is 0.185. The van der Waals surface area contributed by atoms with Crippen LogP contribution in [0.5, 0.6) is 0 Å². The number of hydrogen-bond donors (Lipinski definition) is 0. The Morgan fingerprint density at radius 2 is 2.11 bits per heavy atom.